The molecule has 0 bridgehead atoms. The number of hydrogen-bond acceptors (Lipinski definition) is 10. The fraction of sp³-hybridized carbons (Fsp3) is 0.647. The van der Waals surface area contributed by atoms with Crippen LogP contribution in [0.5, 0.6) is 11.5 Å². The number of ether oxygens (including phenoxy) is 4. The summed E-state index contributed by atoms with van der Waals surface area (Å²) in [7, 11) is 2.91. The minimum absolute atomic E-state index is 0.345. The van der Waals surface area contributed by atoms with Gasteiger partial charge in [0, 0.05) is 0 Å². The second kappa shape index (κ2) is 9.62. The average Bonchev–Trinajstić information content (AvgIpc) is 2.70. The largest absolute Gasteiger partial charge is 0.493 e. The lowest BCUT2D eigenvalue weighted by Crippen LogP contribution is -2.59. The summed E-state index contributed by atoms with van der Waals surface area (Å²) in [4.78, 5) is 0. The molecule has 2 rings (SSSR count). The maximum absolute atomic E-state index is 10.3. The Bertz CT molecular complexity index is 595. The van der Waals surface area contributed by atoms with Crippen LogP contribution >= 0.6 is 0 Å². The number of aliphatic hydroxyl groups is 6. The van der Waals surface area contributed by atoms with Gasteiger partial charge in [0.1, 0.15) is 36.6 Å². The van der Waals surface area contributed by atoms with Crippen LogP contribution in [-0.2, 0) is 9.47 Å². The lowest BCUT2D eigenvalue weighted by molar-refractivity contribution is -0.306. The van der Waals surface area contributed by atoms with Crippen molar-refractivity contribution in [2.45, 2.75) is 42.9 Å². The molecule has 0 amide bonds. The van der Waals surface area contributed by atoms with Crippen molar-refractivity contribution >= 4 is 0 Å². The predicted octanol–water partition coefficient (Wildman–Crippen LogP) is -2.09. The standard InChI is InChI=1S/C17H26O10/c1-24-10-4-3-8(5-11(10)25-2)13(20)9(19)7-26-17-16(23)15(22)14(21)12(6-18)27-17/h3-5,9,12-23H,6-7H2,1-2H3/t9-,12+,13-,14+,15-,16+,17+/m0/s1. The highest BCUT2D eigenvalue weighted by molar-refractivity contribution is 5.43. The van der Waals surface area contributed by atoms with Gasteiger partial charge in [-0.3, -0.25) is 0 Å². The first kappa shape index (κ1) is 21.8. The Morgan fingerprint density at radius 3 is 2.26 bits per heavy atom. The Labute approximate surface area is 156 Å². The molecule has 0 aliphatic carbocycles. The quantitative estimate of drug-likeness (QED) is 0.291. The number of aliphatic hydroxyl groups excluding tert-OH is 6. The van der Waals surface area contributed by atoms with Gasteiger partial charge in [-0.15, -0.1) is 0 Å². The fourth-order valence-electron chi connectivity index (χ4n) is 2.75. The van der Waals surface area contributed by atoms with Crippen LogP contribution in [0.4, 0.5) is 0 Å². The summed E-state index contributed by atoms with van der Waals surface area (Å²) in [6.07, 6.45) is -9.94. The number of methoxy groups -OCH3 is 2. The smallest absolute Gasteiger partial charge is 0.186 e. The Balaban J connectivity index is 1.99. The Kier molecular flexibility index (Phi) is 7.77. The van der Waals surface area contributed by atoms with Gasteiger partial charge >= 0.3 is 0 Å². The van der Waals surface area contributed by atoms with Gasteiger partial charge in [-0.05, 0) is 17.7 Å². The molecule has 1 aromatic rings. The van der Waals surface area contributed by atoms with E-state index in [1.165, 1.54) is 20.3 Å². The van der Waals surface area contributed by atoms with Crippen molar-refractivity contribution in [1.29, 1.82) is 0 Å². The van der Waals surface area contributed by atoms with E-state index in [-0.39, 0.29) is 0 Å². The fourth-order valence-corrected chi connectivity index (χ4v) is 2.75. The molecule has 1 aromatic carbocycles. The van der Waals surface area contributed by atoms with Gasteiger partial charge in [0.2, 0.25) is 0 Å². The van der Waals surface area contributed by atoms with Crippen molar-refractivity contribution in [3.8, 4) is 11.5 Å². The maximum Gasteiger partial charge on any atom is 0.186 e. The zero-order valence-electron chi connectivity index (χ0n) is 15.0. The molecule has 0 unspecified atom stereocenters. The highest BCUT2D eigenvalue weighted by Crippen LogP contribution is 2.31. The average molecular weight is 390 g/mol. The van der Waals surface area contributed by atoms with Gasteiger partial charge in [0.05, 0.1) is 27.4 Å². The van der Waals surface area contributed by atoms with Crippen molar-refractivity contribution < 1.29 is 49.6 Å². The second-order valence-corrected chi connectivity index (χ2v) is 6.16. The molecule has 154 valence electrons. The molecule has 1 aliphatic rings. The number of hydrogen-bond donors (Lipinski definition) is 6. The SMILES string of the molecule is COc1ccc([C@H](O)[C@@H](O)CO[C@@H]2O[C@H](CO)[C@@H](O)[C@H](O)[C@H]2O)cc1OC. The molecule has 1 heterocycles. The van der Waals surface area contributed by atoms with Gasteiger partial charge < -0.3 is 49.6 Å². The Hall–Kier alpha value is -1.50. The van der Waals surface area contributed by atoms with E-state index in [0.717, 1.165) is 0 Å². The summed E-state index contributed by atoms with van der Waals surface area (Å²) in [5, 5.41) is 59.0. The lowest BCUT2D eigenvalue weighted by atomic mass is 9.99. The highest BCUT2D eigenvalue weighted by Gasteiger charge is 2.44. The van der Waals surface area contributed by atoms with Gasteiger partial charge in [-0.25, -0.2) is 0 Å². The van der Waals surface area contributed by atoms with E-state index in [9.17, 15) is 25.5 Å². The summed E-state index contributed by atoms with van der Waals surface area (Å²) >= 11 is 0. The Morgan fingerprint density at radius 2 is 1.67 bits per heavy atom. The van der Waals surface area contributed by atoms with Crippen LogP contribution in [0.3, 0.4) is 0 Å². The van der Waals surface area contributed by atoms with E-state index in [2.05, 4.69) is 0 Å². The zero-order valence-corrected chi connectivity index (χ0v) is 15.0. The molecule has 1 saturated heterocycles. The van der Waals surface area contributed by atoms with Crippen molar-refractivity contribution in [3.63, 3.8) is 0 Å². The van der Waals surface area contributed by atoms with Gasteiger partial charge in [-0.2, -0.15) is 0 Å². The third kappa shape index (κ3) is 4.86. The summed E-state index contributed by atoms with van der Waals surface area (Å²) in [5.41, 5.74) is 0.345. The van der Waals surface area contributed by atoms with E-state index < -0.39 is 56.1 Å². The normalized spacial score (nSPS) is 30.6. The maximum atomic E-state index is 10.3. The van der Waals surface area contributed by atoms with Crippen molar-refractivity contribution in [3.05, 3.63) is 23.8 Å². The molecule has 1 fully saturated rings. The second-order valence-electron chi connectivity index (χ2n) is 6.16. The molecule has 0 spiro atoms. The van der Waals surface area contributed by atoms with E-state index in [1.807, 2.05) is 0 Å². The van der Waals surface area contributed by atoms with Crippen molar-refractivity contribution in [2.24, 2.45) is 0 Å². The van der Waals surface area contributed by atoms with Crippen molar-refractivity contribution in [1.82, 2.24) is 0 Å². The summed E-state index contributed by atoms with van der Waals surface area (Å²) in [6.45, 7) is -1.04. The van der Waals surface area contributed by atoms with Crippen molar-refractivity contribution in [2.75, 3.05) is 27.4 Å². The molecule has 6 N–H and O–H groups in total. The molecular formula is C17H26O10. The first-order valence-electron chi connectivity index (χ1n) is 8.34. The zero-order chi connectivity index (χ0) is 20.1. The molecular weight excluding hydrogens is 364 g/mol. The first-order valence-corrected chi connectivity index (χ1v) is 8.34. The molecule has 7 atom stereocenters. The van der Waals surface area contributed by atoms with Crippen LogP contribution < -0.4 is 9.47 Å². The molecule has 10 nitrogen and oxygen atoms in total. The first-order chi connectivity index (χ1) is 12.8. The molecule has 1 aliphatic heterocycles. The van der Waals surface area contributed by atoms with E-state index >= 15 is 0 Å². The van der Waals surface area contributed by atoms with E-state index in [0.29, 0.717) is 17.1 Å². The molecule has 10 heteroatoms. The monoisotopic (exact) mass is 390 g/mol. The molecule has 0 aromatic heterocycles. The van der Waals surface area contributed by atoms with E-state index in [4.69, 9.17) is 24.1 Å². The molecule has 27 heavy (non-hydrogen) atoms. The van der Waals surface area contributed by atoms with Gasteiger partial charge in [-0.1, -0.05) is 6.07 Å². The highest BCUT2D eigenvalue weighted by atomic mass is 16.7. The minimum Gasteiger partial charge on any atom is -0.493 e. The molecule has 0 saturated carbocycles. The predicted molar refractivity (Wildman–Crippen MR) is 90.2 cm³/mol. The third-order valence-corrected chi connectivity index (χ3v) is 4.39. The van der Waals surface area contributed by atoms with Crippen LogP contribution in [0.2, 0.25) is 0 Å². The van der Waals surface area contributed by atoms with Crippen LogP contribution in [-0.4, -0.2) is 94.9 Å². The van der Waals surface area contributed by atoms with Gasteiger partial charge in [0.25, 0.3) is 0 Å². The van der Waals surface area contributed by atoms with Crippen LogP contribution in [0, 0.1) is 0 Å². The number of rotatable bonds is 8. The van der Waals surface area contributed by atoms with Crippen LogP contribution in [0.1, 0.15) is 11.7 Å². The van der Waals surface area contributed by atoms with E-state index in [1.54, 1.807) is 12.1 Å². The summed E-state index contributed by atoms with van der Waals surface area (Å²) in [6, 6.07) is 4.62. The number of benzene rings is 1. The minimum atomic E-state index is -1.59. The third-order valence-electron chi connectivity index (χ3n) is 4.39. The summed E-state index contributed by atoms with van der Waals surface area (Å²) < 4.78 is 20.7. The summed E-state index contributed by atoms with van der Waals surface area (Å²) in [5.74, 6) is 0.830. The lowest BCUT2D eigenvalue weighted by Gasteiger charge is -2.39. The molecule has 0 radical (unpaired) electrons. The van der Waals surface area contributed by atoms with Crippen LogP contribution in [0.25, 0.3) is 0 Å². The van der Waals surface area contributed by atoms with Gasteiger partial charge in [0.15, 0.2) is 17.8 Å². The Morgan fingerprint density at radius 1 is 1.00 bits per heavy atom. The van der Waals surface area contributed by atoms with Crippen LogP contribution in [0.15, 0.2) is 18.2 Å². The topological polar surface area (TPSA) is 158 Å².